The molecule has 0 unspecified atom stereocenters. The van der Waals surface area contributed by atoms with E-state index >= 15 is 0 Å². The van der Waals surface area contributed by atoms with Crippen LogP contribution in [0.15, 0.2) is 28.4 Å². The Kier molecular flexibility index (Phi) is 5.05. The summed E-state index contributed by atoms with van der Waals surface area (Å²) in [6, 6.07) is 1.77. The van der Waals surface area contributed by atoms with E-state index in [0.29, 0.717) is 30.1 Å². The summed E-state index contributed by atoms with van der Waals surface area (Å²) in [5.74, 6) is -0.179. The highest BCUT2D eigenvalue weighted by atomic mass is 32.1. The third-order valence-electron chi connectivity index (χ3n) is 2.33. The Hall–Kier alpha value is -1.73. The van der Waals surface area contributed by atoms with Crippen LogP contribution in [-0.4, -0.2) is 23.3 Å². The zero-order valence-corrected chi connectivity index (χ0v) is 11.7. The predicted molar refractivity (Wildman–Crippen MR) is 76.6 cm³/mol. The number of thiophene rings is 1. The molecule has 2 heterocycles. The van der Waals surface area contributed by atoms with Gasteiger partial charge in [-0.25, -0.2) is 4.98 Å². The fourth-order valence-electron chi connectivity index (χ4n) is 1.41. The highest BCUT2D eigenvalue weighted by Gasteiger charge is 2.06. The maximum atomic E-state index is 11.6. The maximum Gasteiger partial charge on any atom is 0.252 e. The summed E-state index contributed by atoms with van der Waals surface area (Å²) in [7, 11) is 0. The van der Waals surface area contributed by atoms with Gasteiger partial charge in [0, 0.05) is 35.5 Å². The number of anilines is 1. The Morgan fingerprint density at radius 3 is 2.89 bits per heavy atom. The highest BCUT2D eigenvalue weighted by Crippen LogP contribution is 2.10. The second kappa shape index (κ2) is 7.01. The lowest BCUT2D eigenvalue weighted by Gasteiger charge is -2.04. The average molecular weight is 295 g/mol. The molecule has 0 aliphatic carbocycles. The van der Waals surface area contributed by atoms with Gasteiger partial charge in [-0.05, 0) is 17.9 Å². The molecule has 5 nitrogen and oxygen atoms in total. The molecule has 0 spiro atoms. The van der Waals surface area contributed by atoms with Crippen LogP contribution >= 0.6 is 22.7 Å². The number of thiazole rings is 1. The monoisotopic (exact) mass is 295 g/mol. The van der Waals surface area contributed by atoms with E-state index < -0.39 is 0 Å². The molecule has 2 rings (SSSR count). The summed E-state index contributed by atoms with van der Waals surface area (Å²) < 4.78 is 0. The van der Waals surface area contributed by atoms with Crippen LogP contribution < -0.4 is 10.6 Å². The zero-order valence-electron chi connectivity index (χ0n) is 10.1. The second-order valence-electron chi connectivity index (χ2n) is 3.76. The van der Waals surface area contributed by atoms with Crippen molar-refractivity contribution in [1.29, 1.82) is 0 Å². The molecule has 0 aliphatic rings. The smallest absolute Gasteiger partial charge is 0.252 e. The van der Waals surface area contributed by atoms with Crippen LogP contribution in [0.5, 0.6) is 0 Å². The molecule has 2 aromatic heterocycles. The fraction of sp³-hybridized carbons (Fsp3) is 0.250. The summed E-state index contributed by atoms with van der Waals surface area (Å²) >= 11 is 2.87. The lowest BCUT2D eigenvalue weighted by atomic mass is 10.2. The first-order valence-electron chi connectivity index (χ1n) is 5.75. The van der Waals surface area contributed by atoms with Gasteiger partial charge >= 0.3 is 0 Å². The first-order valence-corrected chi connectivity index (χ1v) is 7.57. The standard InChI is InChI=1S/C12H13N3O2S2/c16-10(15-12-14-5-7-19-12)2-1-4-13-11(17)9-3-6-18-8-9/h3,5-8H,1-2,4H2,(H,13,17)(H,14,15,16). The van der Waals surface area contributed by atoms with Crippen molar-refractivity contribution < 1.29 is 9.59 Å². The van der Waals surface area contributed by atoms with Gasteiger partial charge in [-0.1, -0.05) is 0 Å². The van der Waals surface area contributed by atoms with Crippen molar-refractivity contribution in [3.8, 4) is 0 Å². The zero-order chi connectivity index (χ0) is 13.5. The minimum atomic E-state index is -0.0958. The van der Waals surface area contributed by atoms with Crippen molar-refractivity contribution in [3.63, 3.8) is 0 Å². The molecular formula is C12H13N3O2S2. The quantitative estimate of drug-likeness (QED) is 0.804. The van der Waals surface area contributed by atoms with Crippen LogP contribution in [0.25, 0.3) is 0 Å². The van der Waals surface area contributed by atoms with Gasteiger partial charge in [0.05, 0.1) is 0 Å². The number of carbonyl (C=O) groups is 2. The molecule has 0 aromatic carbocycles. The van der Waals surface area contributed by atoms with Crippen LogP contribution in [0, 0.1) is 0 Å². The lowest BCUT2D eigenvalue weighted by molar-refractivity contribution is -0.116. The molecule has 0 fully saturated rings. The summed E-state index contributed by atoms with van der Waals surface area (Å²) in [4.78, 5) is 27.1. The Morgan fingerprint density at radius 1 is 1.32 bits per heavy atom. The van der Waals surface area contributed by atoms with Gasteiger partial charge in [0.25, 0.3) is 5.91 Å². The minimum Gasteiger partial charge on any atom is -0.352 e. The van der Waals surface area contributed by atoms with Gasteiger partial charge in [-0.3, -0.25) is 9.59 Å². The molecule has 7 heteroatoms. The van der Waals surface area contributed by atoms with E-state index in [2.05, 4.69) is 15.6 Å². The number of hydrogen-bond donors (Lipinski definition) is 2. The number of rotatable bonds is 6. The average Bonchev–Trinajstić information content (AvgIpc) is 3.06. The normalized spacial score (nSPS) is 10.1. The first-order chi connectivity index (χ1) is 9.25. The second-order valence-corrected chi connectivity index (χ2v) is 5.43. The van der Waals surface area contributed by atoms with Crippen molar-refractivity contribution in [1.82, 2.24) is 10.3 Å². The molecule has 0 saturated carbocycles. The van der Waals surface area contributed by atoms with E-state index in [1.165, 1.54) is 22.7 Å². The third-order valence-corrected chi connectivity index (χ3v) is 3.70. The molecule has 0 radical (unpaired) electrons. The Morgan fingerprint density at radius 2 is 2.21 bits per heavy atom. The summed E-state index contributed by atoms with van der Waals surface area (Å²) in [5, 5.41) is 11.5. The Balaban J connectivity index is 1.61. The summed E-state index contributed by atoms with van der Waals surface area (Å²) in [6.07, 6.45) is 2.61. The van der Waals surface area contributed by atoms with Gasteiger partial charge in [-0.15, -0.1) is 11.3 Å². The summed E-state index contributed by atoms with van der Waals surface area (Å²) in [6.45, 7) is 0.486. The van der Waals surface area contributed by atoms with E-state index in [-0.39, 0.29) is 11.8 Å². The van der Waals surface area contributed by atoms with E-state index in [9.17, 15) is 9.59 Å². The van der Waals surface area contributed by atoms with Crippen molar-refractivity contribution in [2.75, 3.05) is 11.9 Å². The van der Waals surface area contributed by atoms with Crippen LogP contribution in [0.4, 0.5) is 5.13 Å². The number of nitrogens with zero attached hydrogens (tertiary/aromatic N) is 1. The molecule has 0 atom stereocenters. The number of carbonyl (C=O) groups excluding carboxylic acids is 2. The SMILES string of the molecule is O=C(CCCNC(=O)c1ccsc1)Nc1nccs1. The molecule has 0 saturated heterocycles. The lowest BCUT2D eigenvalue weighted by Crippen LogP contribution is -2.25. The minimum absolute atomic E-state index is 0.0836. The van der Waals surface area contributed by atoms with Gasteiger partial charge in [-0.2, -0.15) is 11.3 Å². The maximum absolute atomic E-state index is 11.6. The fourth-order valence-corrected chi connectivity index (χ4v) is 2.59. The van der Waals surface area contributed by atoms with Crippen molar-refractivity contribution >= 4 is 39.6 Å². The van der Waals surface area contributed by atoms with Crippen LogP contribution in [0.1, 0.15) is 23.2 Å². The molecule has 2 N–H and O–H groups in total. The third kappa shape index (κ3) is 4.46. The number of nitrogens with one attached hydrogen (secondary N) is 2. The van der Waals surface area contributed by atoms with E-state index in [4.69, 9.17) is 0 Å². The highest BCUT2D eigenvalue weighted by molar-refractivity contribution is 7.13. The Labute approximate surface area is 118 Å². The van der Waals surface area contributed by atoms with Crippen LogP contribution in [-0.2, 0) is 4.79 Å². The van der Waals surface area contributed by atoms with Gasteiger partial charge in [0.15, 0.2) is 5.13 Å². The predicted octanol–water partition coefficient (Wildman–Crippen LogP) is 2.35. The van der Waals surface area contributed by atoms with E-state index in [1.807, 2.05) is 5.38 Å². The number of hydrogen-bond acceptors (Lipinski definition) is 5. The van der Waals surface area contributed by atoms with Gasteiger partial charge in [0.1, 0.15) is 0 Å². The number of amides is 2. The molecular weight excluding hydrogens is 282 g/mol. The first kappa shape index (κ1) is 13.7. The molecule has 0 aliphatic heterocycles. The van der Waals surface area contributed by atoms with Crippen LogP contribution in [0.3, 0.4) is 0 Å². The van der Waals surface area contributed by atoms with Crippen molar-refractivity contribution in [2.45, 2.75) is 12.8 Å². The Bertz CT molecular complexity index is 523. The molecule has 2 amide bonds. The molecule has 19 heavy (non-hydrogen) atoms. The molecule has 100 valence electrons. The van der Waals surface area contributed by atoms with Gasteiger partial charge < -0.3 is 10.6 Å². The number of aromatic nitrogens is 1. The van der Waals surface area contributed by atoms with Gasteiger partial charge in [0.2, 0.25) is 5.91 Å². The topological polar surface area (TPSA) is 71.1 Å². The molecule has 2 aromatic rings. The van der Waals surface area contributed by atoms with E-state index in [1.54, 1.807) is 23.0 Å². The van der Waals surface area contributed by atoms with E-state index in [0.717, 1.165) is 0 Å². The summed E-state index contributed by atoms with van der Waals surface area (Å²) in [5.41, 5.74) is 0.664. The largest absolute Gasteiger partial charge is 0.352 e. The van der Waals surface area contributed by atoms with Crippen LogP contribution in [0.2, 0.25) is 0 Å². The molecule has 0 bridgehead atoms. The van der Waals surface area contributed by atoms with Crippen molar-refractivity contribution in [2.24, 2.45) is 0 Å². The van der Waals surface area contributed by atoms with Crippen molar-refractivity contribution in [3.05, 3.63) is 34.0 Å².